The highest BCUT2D eigenvalue weighted by Crippen LogP contribution is 2.27. The lowest BCUT2D eigenvalue weighted by atomic mass is 10.00. The molecule has 1 aliphatic rings. The molecule has 0 saturated heterocycles. The van der Waals surface area contributed by atoms with Gasteiger partial charge in [-0.1, -0.05) is 6.42 Å². The van der Waals surface area contributed by atoms with Gasteiger partial charge >= 0.3 is 0 Å². The number of carbonyl (C=O) groups is 1. The SMILES string of the molecule is Cl.N[C@@H]1CCC[C@H]1CC(=O)Nc1cc(F)c(F)c(F)c1. The third-order valence-corrected chi connectivity index (χ3v) is 3.43. The third kappa shape index (κ3) is 3.86. The fourth-order valence-electron chi connectivity index (χ4n) is 2.40. The molecule has 0 aliphatic heterocycles. The van der Waals surface area contributed by atoms with E-state index >= 15 is 0 Å². The van der Waals surface area contributed by atoms with Crippen LogP contribution in [0.5, 0.6) is 0 Å². The quantitative estimate of drug-likeness (QED) is 0.843. The van der Waals surface area contributed by atoms with Crippen LogP contribution in [0, 0.1) is 23.4 Å². The van der Waals surface area contributed by atoms with Crippen LogP contribution in [0.4, 0.5) is 18.9 Å². The van der Waals surface area contributed by atoms with Crippen LogP contribution in [0.2, 0.25) is 0 Å². The zero-order valence-corrected chi connectivity index (χ0v) is 11.5. The Kier molecular flexibility index (Phi) is 5.83. The van der Waals surface area contributed by atoms with Crippen molar-refractivity contribution in [2.45, 2.75) is 31.7 Å². The van der Waals surface area contributed by atoms with E-state index < -0.39 is 17.5 Å². The van der Waals surface area contributed by atoms with Crippen LogP contribution < -0.4 is 11.1 Å². The van der Waals surface area contributed by atoms with Crippen molar-refractivity contribution in [1.29, 1.82) is 0 Å². The van der Waals surface area contributed by atoms with E-state index in [1.54, 1.807) is 0 Å². The van der Waals surface area contributed by atoms with Gasteiger partial charge in [0.05, 0.1) is 0 Å². The summed E-state index contributed by atoms with van der Waals surface area (Å²) in [4.78, 5) is 11.7. The Hall–Kier alpha value is -1.27. The van der Waals surface area contributed by atoms with Gasteiger partial charge in [-0.2, -0.15) is 0 Å². The van der Waals surface area contributed by atoms with Gasteiger partial charge in [-0.15, -0.1) is 12.4 Å². The van der Waals surface area contributed by atoms with Crippen molar-refractivity contribution in [2.75, 3.05) is 5.32 Å². The number of hydrogen-bond donors (Lipinski definition) is 2. The second-order valence-electron chi connectivity index (χ2n) is 4.86. The number of nitrogens with one attached hydrogen (secondary N) is 1. The van der Waals surface area contributed by atoms with Crippen LogP contribution >= 0.6 is 12.4 Å². The van der Waals surface area contributed by atoms with Crippen LogP contribution in [-0.4, -0.2) is 11.9 Å². The molecular weight excluding hydrogens is 293 g/mol. The van der Waals surface area contributed by atoms with Gasteiger partial charge in [-0.25, -0.2) is 13.2 Å². The summed E-state index contributed by atoms with van der Waals surface area (Å²) < 4.78 is 38.7. The van der Waals surface area contributed by atoms with Crippen LogP contribution in [0.15, 0.2) is 12.1 Å². The minimum Gasteiger partial charge on any atom is -0.327 e. The molecule has 20 heavy (non-hydrogen) atoms. The van der Waals surface area contributed by atoms with E-state index in [4.69, 9.17) is 5.73 Å². The maximum Gasteiger partial charge on any atom is 0.224 e. The number of carbonyl (C=O) groups excluding carboxylic acids is 1. The number of nitrogens with two attached hydrogens (primary N) is 1. The van der Waals surface area contributed by atoms with Crippen molar-refractivity contribution in [1.82, 2.24) is 0 Å². The third-order valence-electron chi connectivity index (χ3n) is 3.43. The molecule has 0 heterocycles. The molecule has 0 spiro atoms. The van der Waals surface area contributed by atoms with Crippen molar-refractivity contribution in [3.63, 3.8) is 0 Å². The van der Waals surface area contributed by atoms with Crippen molar-refractivity contribution in [3.8, 4) is 0 Å². The summed E-state index contributed by atoms with van der Waals surface area (Å²) in [5.74, 6) is -4.47. The predicted octanol–water partition coefficient (Wildman–Crippen LogP) is 2.98. The normalized spacial score (nSPS) is 21.4. The summed E-state index contributed by atoms with van der Waals surface area (Å²) in [5, 5.41) is 2.36. The molecule has 0 aromatic heterocycles. The van der Waals surface area contributed by atoms with E-state index in [9.17, 15) is 18.0 Å². The summed E-state index contributed by atoms with van der Waals surface area (Å²) in [5.41, 5.74) is 5.75. The first-order valence-corrected chi connectivity index (χ1v) is 6.17. The Morgan fingerprint density at radius 2 is 1.85 bits per heavy atom. The molecular formula is C13H16ClF3N2O. The Morgan fingerprint density at radius 3 is 2.35 bits per heavy atom. The Balaban J connectivity index is 0.00000200. The molecule has 1 amide bonds. The van der Waals surface area contributed by atoms with Crippen LogP contribution in [-0.2, 0) is 4.79 Å². The lowest BCUT2D eigenvalue weighted by Gasteiger charge is -2.14. The molecule has 0 unspecified atom stereocenters. The topological polar surface area (TPSA) is 55.1 Å². The largest absolute Gasteiger partial charge is 0.327 e. The molecule has 1 aromatic carbocycles. The van der Waals surface area contributed by atoms with Gasteiger partial charge in [0.1, 0.15) is 0 Å². The summed E-state index contributed by atoms with van der Waals surface area (Å²) in [6, 6.07) is 1.50. The zero-order chi connectivity index (χ0) is 14.0. The van der Waals surface area contributed by atoms with E-state index in [-0.39, 0.29) is 42.4 Å². The van der Waals surface area contributed by atoms with E-state index in [1.807, 2.05) is 0 Å². The Labute approximate surface area is 121 Å². The zero-order valence-electron chi connectivity index (χ0n) is 10.7. The minimum absolute atomic E-state index is 0. The predicted molar refractivity (Wildman–Crippen MR) is 72.1 cm³/mol. The molecule has 3 nitrogen and oxygen atoms in total. The first kappa shape index (κ1) is 16.8. The summed E-state index contributed by atoms with van der Waals surface area (Å²) >= 11 is 0. The van der Waals surface area contributed by atoms with E-state index in [2.05, 4.69) is 5.32 Å². The van der Waals surface area contributed by atoms with Crippen molar-refractivity contribution < 1.29 is 18.0 Å². The summed E-state index contributed by atoms with van der Waals surface area (Å²) in [7, 11) is 0. The van der Waals surface area contributed by atoms with Crippen LogP contribution in [0.25, 0.3) is 0 Å². The van der Waals surface area contributed by atoms with Crippen LogP contribution in [0.1, 0.15) is 25.7 Å². The van der Waals surface area contributed by atoms with Gasteiger partial charge in [-0.3, -0.25) is 4.79 Å². The molecule has 1 saturated carbocycles. The average molecular weight is 309 g/mol. The fraction of sp³-hybridized carbons (Fsp3) is 0.462. The molecule has 3 N–H and O–H groups in total. The number of halogens is 4. The van der Waals surface area contributed by atoms with E-state index in [1.165, 1.54) is 0 Å². The van der Waals surface area contributed by atoms with E-state index in [0.717, 1.165) is 31.4 Å². The molecule has 1 aromatic rings. The summed E-state index contributed by atoms with van der Waals surface area (Å²) in [6.45, 7) is 0. The molecule has 2 atom stereocenters. The molecule has 0 bridgehead atoms. The monoisotopic (exact) mass is 308 g/mol. The fourth-order valence-corrected chi connectivity index (χ4v) is 2.40. The molecule has 112 valence electrons. The molecule has 7 heteroatoms. The number of anilines is 1. The van der Waals surface area contributed by atoms with Gasteiger partial charge in [0.15, 0.2) is 17.5 Å². The molecule has 0 radical (unpaired) electrons. The van der Waals surface area contributed by atoms with Gasteiger partial charge in [-0.05, 0) is 18.8 Å². The highest BCUT2D eigenvalue weighted by molar-refractivity contribution is 5.90. The maximum absolute atomic E-state index is 13.0. The van der Waals surface area contributed by atoms with Crippen molar-refractivity contribution in [3.05, 3.63) is 29.6 Å². The minimum atomic E-state index is -1.55. The maximum atomic E-state index is 13.0. The highest BCUT2D eigenvalue weighted by Gasteiger charge is 2.26. The standard InChI is InChI=1S/C13H15F3N2O.ClH/c14-9-5-8(6-10(15)13(9)16)18-12(19)4-7-2-1-3-11(7)17;/h5-7,11H,1-4,17H2,(H,18,19);1H/t7-,11+;/m0./s1. The van der Waals surface area contributed by atoms with Gasteiger partial charge in [0.25, 0.3) is 0 Å². The first-order valence-electron chi connectivity index (χ1n) is 6.17. The number of benzene rings is 1. The first-order chi connectivity index (χ1) is 8.97. The molecule has 2 rings (SSSR count). The molecule has 1 fully saturated rings. The lowest BCUT2D eigenvalue weighted by molar-refractivity contribution is -0.117. The van der Waals surface area contributed by atoms with Crippen molar-refractivity contribution >= 4 is 24.0 Å². The van der Waals surface area contributed by atoms with E-state index in [0.29, 0.717) is 0 Å². The highest BCUT2D eigenvalue weighted by atomic mass is 35.5. The second kappa shape index (κ2) is 6.95. The van der Waals surface area contributed by atoms with Gasteiger partial charge in [0, 0.05) is 30.3 Å². The Bertz CT molecular complexity index is 475. The van der Waals surface area contributed by atoms with Gasteiger partial charge in [0.2, 0.25) is 5.91 Å². The average Bonchev–Trinajstić information content (AvgIpc) is 2.72. The second-order valence-corrected chi connectivity index (χ2v) is 4.86. The summed E-state index contributed by atoms with van der Waals surface area (Å²) in [6.07, 6.45) is 2.96. The molecule has 1 aliphatic carbocycles. The van der Waals surface area contributed by atoms with Crippen molar-refractivity contribution in [2.24, 2.45) is 11.7 Å². The lowest BCUT2D eigenvalue weighted by Crippen LogP contribution is -2.28. The van der Waals surface area contributed by atoms with Gasteiger partial charge < -0.3 is 11.1 Å². The Morgan fingerprint density at radius 1 is 1.25 bits per heavy atom. The van der Waals surface area contributed by atoms with Crippen LogP contribution in [0.3, 0.4) is 0 Å². The number of amides is 1. The number of rotatable bonds is 3. The number of hydrogen-bond acceptors (Lipinski definition) is 2. The smallest absolute Gasteiger partial charge is 0.224 e.